The number of anilines is 1. The van der Waals surface area contributed by atoms with Crippen molar-refractivity contribution in [3.05, 3.63) is 29.8 Å². The van der Waals surface area contributed by atoms with Crippen LogP contribution in [0.15, 0.2) is 24.3 Å². The van der Waals surface area contributed by atoms with E-state index in [4.69, 9.17) is 15.9 Å². The maximum atomic E-state index is 8.86. The lowest BCUT2D eigenvalue weighted by atomic mass is 10.1. The van der Waals surface area contributed by atoms with E-state index in [1.165, 1.54) is 5.56 Å². The summed E-state index contributed by atoms with van der Waals surface area (Å²) in [6.45, 7) is 2.31. The van der Waals surface area contributed by atoms with E-state index in [0.717, 1.165) is 18.7 Å². The number of nitrogen functional groups attached to an aromatic ring is 1. The third kappa shape index (κ3) is 4.61. The Morgan fingerprint density at radius 1 is 0.938 bits per heavy atom. The SMILES string of the molecule is Nc1ccc(CCN(CCO)CCO)cc1. The molecule has 0 radical (unpaired) electrons. The molecule has 16 heavy (non-hydrogen) atoms. The largest absolute Gasteiger partial charge is 0.399 e. The molecule has 0 aromatic heterocycles. The third-order valence-electron chi connectivity index (χ3n) is 2.53. The van der Waals surface area contributed by atoms with Gasteiger partial charge in [0.15, 0.2) is 0 Å². The lowest BCUT2D eigenvalue weighted by molar-refractivity contribution is 0.162. The van der Waals surface area contributed by atoms with Crippen LogP contribution in [0.25, 0.3) is 0 Å². The van der Waals surface area contributed by atoms with Crippen molar-refractivity contribution in [1.29, 1.82) is 0 Å². The second-order valence-electron chi connectivity index (χ2n) is 3.78. The van der Waals surface area contributed by atoms with Crippen LogP contribution in [0.4, 0.5) is 5.69 Å². The summed E-state index contributed by atoms with van der Waals surface area (Å²) in [5.41, 5.74) is 7.59. The van der Waals surface area contributed by atoms with E-state index in [2.05, 4.69) is 0 Å². The van der Waals surface area contributed by atoms with Gasteiger partial charge in [0.2, 0.25) is 0 Å². The molecule has 0 aliphatic heterocycles. The molecule has 1 rings (SSSR count). The molecule has 0 atom stereocenters. The molecule has 0 heterocycles. The van der Waals surface area contributed by atoms with Gasteiger partial charge >= 0.3 is 0 Å². The van der Waals surface area contributed by atoms with Gasteiger partial charge in [0, 0.05) is 25.3 Å². The Morgan fingerprint density at radius 2 is 1.50 bits per heavy atom. The highest BCUT2D eigenvalue weighted by atomic mass is 16.3. The van der Waals surface area contributed by atoms with Crippen LogP contribution in [-0.4, -0.2) is 48.0 Å². The molecule has 0 unspecified atom stereocenters. The van der Waals surface area contributed by atoms with Crippen LogP contribution in [0.2, 0.25) is 0 Å². The first kappa shape index (κ1) is 13.0. The summed E-state index contributed by atoms with van der Waals surface area (Å²) in [4.78, 5) is 2.04. The molecule has 0 saturated carbocycles. The van der Waals surface area contributed by atoms with Gasteiger partial charge in [-0.2, -0.15) is 0 Å². The molecule has 0 amide bonds. The fraction of sp³-hybridized carbons (Fsp3) is 0.500. The first-order valence-electron chi connectivity index (χ1n) is 5.54. The highest BCUT2D eigenvalue weighted by Crippen LogP contribution is 2.06. The van der Waals surface area contributed by atoms with Gasteiger partial charge in [-0.15, -0.1) is 0 Å². The predicted molar refractivity (Wildman–Crippen MR) is 65.2 cm³/mol. The summed E-state index contributed by atoms with van der Waals surface area (Å²) < 4.78 is 0. The zero-order chi connectivity index (χ0) is 11.8. The van der Waals surface area contributed by atoms with E-state index in [9.17, 15) is 0 Å². The normalized spacial score (nSPS) is 10.9. The van der Waals surface area contributed by atoms with Crippen LogP contribution < -0.4 is 5.73 Å². The summed E-state index contributed by atoms with van der Waals surface area (Å²) >= 11 is 0. The molecule has 1 aromatic carbocycles. The summed E-state index contributed by atoms with van der Waals surface area (Å²) in [5, 5.41) is 17.7. The Labute approximate surface area is 96.3 Å². The summed E-state index contributed by atoms with van der Waals surface area (Å²) in [7, 11) is 0. The molecule has 4 N–H and O–H groups in total. The van der Waals surface area contributed by atoms with E-state index in [0.29, 0.717) is 13.1 Å². The number of aliphatic hydroxyl groups excluding tert-OH is 2. The summed E-state index contributed by atoms with van der Waals surface area (Å²) in [6.07, 6.45) is 0.903. The first-order chi connectivity index (χ1) is 7.76. The quantitative estimate of drug-likeness (QED) is 0.574. The Kier molecular flexibility index (Phi) is 5.85. The maximum Gasteiger partial charge on any atom is 0.0558 e. The minimum atomic E-state index is 0.127. The van der Waals surface area contributed by atoms with E-state index in [1.807, 2.05) is 29.2 Å². The van der Waals surface area contributed by atoms with Gasteiger partial charge in [-0.05, 0) is 24.1 Å². The topological polar surface area (TPSA) is 69.7 Å². The van der Waals surface area contributed by atoms with Crippen LogP contribution in [0.3, 0.4) is 0 Å². The molecular formula is C12H20N2O2. The molecule has 0 aliphatic rings. The van der Waals surface area contributed by atoms with Crippen molar-refractivity contribution in [2.75, 3.05) is 38.6 Å². The van der Waals surface area contributed by atoms with Gasteiger partial charge in [0.25, 0.3) is 0 Å². The number of benzene rings is 1. The molecule has 90 valence electrons. The highest BCUT2D eigenvalue weighted by molar-refractivity contribution is 5.39. The number of aliphatic hydroxyl groups is 2. The average Bonchev–Trinajstić information content (AvgIpc) is 2.29. The third-order valence-corrected chi connectivity index (χ3v) is 2.53. The van der Waals surface area contributed by atoms with Crippen molar-refractivity contribution in [3.8, 4) is 0 Å². The molecule has 0 saturated heterocycles. The molecule has 0 aliphatic carbocycles. The Balaban J connectivity index is 2.38. The fourth-order valence-corrected chi connectivity index (χ4v) is 1.59. The standard InChI is InChI=1S/C12H20N2O2/c13-12-3-1-11(2-4-12)5-6-14(7-9-15)8-10-16/h1-4,15-16H,5-10,13H2. The van der Waals surface area contributed by atoms with Crippen molar-refractivity contribution in [1.82, 2.24) is 4.90 Å². The van der Waals surface area contributed by atoms with Crippen LogP contribution in [0.1, 0.15) is 5.56 Å². The lowest BCUT2D eigenvalue weighted by Crippen LogP contribution is -2.31. The maximum absolute atomic E-state index is 8.86. The molecular weight excluding hydrogens is 204 g/mol. The Morgan fingerprint density at radius 3 is 2.00 bits per heavy atom. The van der Waals surface area contributed by atoms with Crippen molar-refractivity contribution in [3.63, 3.8) is 0 Å². The van der Waals surface area contributed by atoms with Crippen molar-refractivity contribution >= 4 is 5.69 Å². The van der Waals surface area contributed by atoms with Crippen molar-refractivity contribution in [2.24, 2.45) is 0 Å². The summed E-state index contributed by atoms with van der Waals surface area (Å²) in [6, 6.07) is 7.78. The van der Waals surface area contributed by atoms with E-state index in [-0.39, 0.29) is 13.2 Å². The van der Waals surface area contributed by atoms with Crippen molar-refractivity contribution in [2.45, 2.75) is 6.42 Å². The molecule has 0 fully saturated rings. The van der Waals surface area contributed by atoms with Crippen LogP contribution in [0, 0.1) is 0 Å². The summed E-state index contributed by atoms with van der Waals surface area (Å²) in [5.74, 6) is 0. The van der Waals surface area contributed by atoms with E-state index in [1.54, 1.807) is 0 Å². The minimum absolute atomic E-state index is 0.127. The number of nitrogens with zero attached hydrogens (tertiary/aromatic N) is 1. The first-order valence-corrected chi connectivity index (χ1v) is 5.54. The minimum Gasteiger partial charge on any atom is -0.399 e. The zero-order valence-electron chi connectivity index (χ0n) is 9.47. The van der Waals surface area contributed by atoms with Gasteiger partial charge < -0.3 is 15.9 Å². The van der Waals surface area contributed by atoms with Crippen LogP contribution in [-0.2, 0) is 6.42 Å². The zero-order valence-corrected chi connectivity index (χ0v) is 9.47. The molecule has 0 bridgehead atoms. The molecule has 0 spiro atoms. The number of hydrogen-bond acceptors (Lipinski definition) is 4. The number of hydrogen-bond donors (Lipinski definition) is 3. The van der Waals surface area contributed by atoms with Crippen LogP contribution in [0.5, 0.6) is 0 Å². The van der Waals surface area contributed by atoms with Gasteiger partial charge in [0.1, 0.15) is 0 Å². The Hall–Kier alpha value is -1.10. The van der Waals surface area contributed by atoms with Gasteiger partial charge in [-0.3, -0.25) is 4.90 Å². The smallest absolute Gasteiger partial charge is 0.0558 e. The second kappa shape index (κ2) is 7.22. The van der Waals surface area contributed by atoms with Crippen LogP contribution >= 0.6 is 0 Å². The van der Waals surface area contributed by atoms with Gasteiger partial charge in [0.05, 0.1) is 13.2 Å². The fourth-order valence-electron chi connectivity index (χ4n) is 1.59. The molecule has 1 aromatic rings. The second-order valence-corrected chi connectivity index (χ2v) is 3.78. The van der Waals surface area contributed by atoms with E-state index < -0.39 is 0 Å². The van der Waals surface area contributed by atoms with Gasteiger partial charge in [-0.1, -0.05) is 12.1 Å². The van der Waals surface area contributed by atoms with Crippen molar-refractivity contribution < 1.29 is 10.2 Å². The monoisotopic (exact) mass is 224 g/mol. The van der Waals surface area contributed by atoms with E-state index >= 15 is 0 Å². The molecule has 4 nitrogen and oxygen atoms in total. The predicted octanol–water partition coefficient (Wildman–Crippen LogP) is 0.0979. The lowest BCUT2D eigenvalue weighted by Gasteiger charge is -2.19. The Bertz CT molecular complexity index is 282. The number of nitrogens with two attached hydrogens (primary N) is 1. The average molecular weight is 224 g/mol. The van der Waals surface area contributed by atoms with Gasteiger partial charge in [-0.25, -0.2) is 0 Å². The number of rotatable bonds is 7. The molecule has 4 heteroatoms. The highest BCUT2D eigenvalue weighted by Gasteiger charge is 2.03.